The number of aromatic nitrogens is 6. The van der Waals surface area contributed by atoms with Crippen LogP contribution in [0.1, 0.15) is 50.1 Å². The smallest absolute Gasteiger partial charge is 0.326 e. The van der Waals surface area contributed by atoms with Crippen molar-refractivity contribution >= 4 is 29.3 Å². The largest absolute Gasteiger partial charge is 0.478 e. The first-order valence-corrected chi connectivity index (χ1v) is 16.3. The van der Waals surface area contributed by atoms with Gasteiger partial charge >= 0.3 is 5.97 Å². The molecule has 0 spiro atoms. The summed E-state index contributed by atoms with van der Waals surface area (Å²) in [5.41, 5.74) is 11.6. The van der Waals surface area contributed by atoms with Gasteiger partial charge in [-0.2, -0.15) is 10.2 Å². The molecule has 1 unspecified atom stereocenters. The first-order chi connectivity index (χ1) is 24.9. The fourth-order valence-corrected chi connectivity index (χ4v) is 5.36. The first kappa shape index (κ1) is 36.9. The number of amides is 1. The number of halogens is 2. The molecule has 1 amide bonds. The number of carbonyl (C=O) groups excluding carboxylic acids is 2. The molecule has 3 aromatic heterocycles. The topological polar surface area (TPSA) is 211 Å². The maximum absolute atomic E-state index is 14.2. The molecule has 1 aliphatic rings. The molecule has 4 heterocycles. The molecule has 17 heteroatoms. The lowest BCUT2D eigenvalue weighted by atomic mass is 9.84. The number of nitrogens with one attached hydrogen (secondary N) is 2. The Kier molecular flexibility index (Phi) is 11.1. The minimum Gasteiger partial charge on any atom is -0.478 e. The van der Waals surface area contributed by atoms with E-state index in [2.05, 4.69) is 25.5 Å². The summed E-state index contributed by atoms with van der Waals surface area (Å²) in [6.45, 7) is 8.01. The van der Waals surface area contributed by atoms with E-state index in [1.807, 2.05) is 13.8 Å². The first-order valence-electron chi connectivity index (χ1n) is 16.3. The van der Waals surface area contributed by atoms with E-state index in [1.165, 1.54) is 28.4 Å². The molecule has 0 aliphatic carbocycles. The zero-order chi connectivity index (χ0) is 37.6. The van der Waals surface area contributed by atoms with Gasteiger partial charge in [-0.25, -0.2) is 28.1 Å². The van der Waals surface area contributed by atoms with Crippen LogP contribution in [-0.2, 0) is 32.8 Å². The van der Waals surface area contributed by atoms with Crippen molar-refractivity contribution in [2.45, 2.75) is 46.2 Å². The Morgan fingerprint density at radius 3 is 1.98 bits per heavy atom. The minimum absolute atomic E-state index is 0.0504. The van der Waals surface area contributed by atoms with E-state index in [0.717, 1.165) is 0 Å². The number of hydrogen-bond acceptors (Lipinski definition) is 11. The Morgan fingerprint density at radius 1 is 0.885 bits per heavy atom. The van der Waals surface area contributed by atoms with Crippen LogP contribution in [0.3, 0.4) is 0 Å². The van der Waals surface area contributed by atoms with Crippen LogP contribution in [0.15, 0.2) is 60.7 Å². The molecule has 0 radical (unpaired) electrons. The van der Waals surface area contributed by atoms with Gasteiger partial charge in [0.1, 0.15) is 40.5 Å². The molecule has 15 nitrogen and oxygen atoms in total. The maximum atomic E-state index is 14.2. The van der Waals surface area contributed by atoms with Crippen LogP contribution in [0.25, 0.3) is 11.5 Å². The zero-order valence-corrected chi connectivity index (χ0v) is 28.9. The number of carbonyl (C=O) groups is 2. The summed E-state index contributed by atoms with van der Waals surface area (Å²) in [5.74, 6) is -1.12. The molecule has 52 heavy (non-hydrogen) atoms. The summed E-state index contributed by atoms with van der Waals surface area (Å²) in [4.78, 5) is 33.8. The fourth-order valence-electron chi connectivity index (χ4n) is 5.36. The van der Waals surface area contributed by atoms with Crippen LogP contribution in [0.5, 0.6) is 11.8 Å². The van der Waals surface area contributed by atoms with Crippen LogP contribution in [0, 0.1) is 17.0 Å². The Labute approximate surface area is 297 Å². The van der Waals surface area contributed by atoms with Gasteiger partial charge in [-0.1, -0.05) is 36.4 Å². The summed E-state index contributed by atoms with van der Waals surface area (Å²) >= 11 is 0. The minimum atomic E-state index is -1.66. The number of benzene rings is 2. The van der Waals surface area contributed by atoms with Gasteiger partial charge in [0.15, 0.2) is 11.2 Å². The van der Waals surface area contributed by atoms with Crippen molar-refractivity contribution in [3.8, 4) is 23.3 Å². The van der Waals surface area contributed by atoms with Crippen molar-refractivity contribution in [1.82, 2.24) is 29.5 Å². The highest BCUT2D eigenvalue weighted by Crippen LogP contribution is 2.41. The summed E-state index contributed by atoms with van der Waals surface area (Å²) in [6.07, 6.45) is 0. The third-order valence-electron chi connectivity index (χ3n) is 7.94. The predicted octanol–water partition coefficient (Wildman–Crippen LogP) is 4.03. The number of nitrogens with zero attached hydrogens (tertiary/aromatic N) is 6. The molecule has 272 valence electrons. The Balaban J connectivity index is 0.000000233. The van der Waals surface area contributed by atoms with Crippen LogP contribution < -0.4 is 26.3 Å². The average molecular weight is 717 g/mol. The number of esters is 1. The molecule has 1 atom stereocenters. The van der Waals surface area contributed by atoms with E-state index in [-0.39, 0.29) is 60.2 Å². The Bertz CT molecular complexity index is 2120. The molecule has 0 saturated heterocycles. The van der Waals surface area contributed by atoms with Crippen molar-refractivity contribution in [1.29, 1.82) is 5.41 Å². The third-order valence-corrected chi connectivity index (χ3v) is 7.94. The van der Waals surface area contributed by atoms with Crippen molar-refractivity contribution in [2.24, 2.45) is 5.73 Å². The van der Waals surface area contributed by atoms with Gasteiger partial charge in [-0.05, 0) is 39.8 Å². The van der Waals surface area contributed by atoms with Crippen LogP contribution in [-0.4, -0.2) is 67.1 Å². The van der Waals surface area contributed by atoms with Crippen LogP contribution >= 0.6 is 0 Å². The molecule has 5 aromatic rings. The van der Waals surface area contributed by atoms with Crippen molar-refractivity contribution in [3.05, 3.63) is 94.7 Å². The number of nitrogen functional groups attached to an aromatic ring is 2. The van der Waals surface area contributed by atoms with Crippen molar-refractivity contribution < 1.29 is 32.6 Å². The molecule has 1 aliphatic heterocycles. The lowest BCUT2D eigenvalue weighted by Gasteiger charge is -2.20. The van der Waals surface area contributed by atoms with Crippen LogP contribution in [0.4, 0.5) is 20.4 Å². The van der Waals surface area contributed by atoms with Gasteiger partial charge in [0.25, 0.3) is 0 Å². The third kappa shape index (κ3) is 7.52. The number of nitrogens with two attached hydrogens (primary N) is 2. The monoisotopic (exact) mass is 716 g/mol. The van der Waals surface area contributed by atoms with Gasteiger partial charge in [0, 0.05) is 23.3 Å². The molecular formula is C35H38F2N10O5. The SMILES string of the molecule is CCOC(=O)C1(C)C(=O)Nc2nc(-c3cc(OCC)n(Cc4ccccc4F)n3)nc(N)c21.CCOc1cc(C(=N)N)nn1Cc1ccccc1F. The second kappa shape index (κ2) is 15.7. The van der Waals surface area contributed by atoms with Crippen LogP contribution in [0.2, 0.25) is 0 Å². The molecule has 0 bridgehead atoms. The number of ether oxygens (including phenoxy) is 3. The average Bonchev–Trinajstić information content (AvgIpc) is 3.78. The van der Waals surface area contributed by atoms with E-state index >= 15 is 0 Å². The number of fused-ring (bicyclic) bond motifs is 1. The standard InChI is InChI=1S/C22H23FN6O4.C13H15FN4O/c1-4-32-15-10-14(28-29(15)11-12-8-6-7-9-13(12)23)18-25-17(24)16-19(26-18)27-20(30)22(16,3)21(31)33-5-2;1-2-19-12-7-11(13(15)16)17-18(12)8-9-5-3-4-6-10(9)14/h6-10H,4-5,11H2,1-3H3,(H3,24,25,26,27,30);3-7H,2,8H2,1H3,(H3,15,16). The highest BCUT2D eigenvalue weighted by molar-refractivity contribution is 6.19. The normalized spacial score (nSPS) is 14.5. The van der Waals surface area contributed by atoms with Gasteiger partial charge in [-0.3, -0.25) is 15.0 Å². The van der Waals surface area contributed by atoms with Gasteiger partial charge < -0.3 is 31.0 Å². The lowest BCUT2D eigenvalue weighted by molar-refractivity contribution is -0.152. The summed E-state index contributed by atoms with van der Waals surface area (Å²) in [7, 11) is 0. The Hall–Kier alpha value is -6.39. The van der Waals surface area contributed by atoms with E-state index in [9.17, 15) is 18.4 Å². The lowest BCUT2D eigenvalue weighted by Crippen LogP contribution is -2.41. The van der Waals surface area contributed by atoms with E-state index in [4.69, 9.17) is 31.1 Å². The van der Waals surface area contributed by atoms with E-state index in [0.29, 0.717) is 47.5 Å². The fraction of sp³-hybridized carbons (Fsp3) is 0.286. The van der Waals surface area contributed by atoms with Gasteiger partial charge in [0.2, 0.25) is 17.7 Å². The molecule has 0 saturated carbocycles. The van der Waals surface area contributed by atoms with Crippen molar-refractivity contribution in [3.63, 3.8) is 0 Å². The second-order valence-electron chi connectivity index (χ2n) is 11.5. The highest BCUT2D eigenvalue weighted by Gasteiger charge is 2.53. The Morgan fingerprint density at radius 2 is 1.44 bits per heavy atom. The van der Waals surface area contributed by atoms with E-state index in [1.54, 1.807) is 55.5 Å². The summed E-state index contributed by atoms with van der Waals surface area (Å²) in [6, 6.07) is 16.0. The number of amidine groups is 1. The predicted molar refractivity (Wildman–Crippen MR) is 187 cm³/mol. The van der Waals surface area contributed by atoms with Gasteiger partial charge in [-0.15, -0.1) is 0 Å². The second-order valence-corrected chi connectivity index (χ2v) is 11.5. The quantitative estimate of drug-likeness (QED) is 0.0627. The number of anilines is 2. The molecule has 0 fully saturated rings. The molecule has 6 rings (SSSR count). The summed E-state index contributed by atoms with van der Waals surface area (Å²) in [5, 5.41) is 18.6. The molecule has 6 N–H and O–H groups in total. The molecular weight excluding hydrogens is 678 g/mol. The zero-order valence-electron chi connectivity index (χ0n) is 28.9. The highest BCUT2D eigenvalue weighted by atomic mass is 19.1. The number of hydrogen-bond donors (Lipinski definition) is 4. The maximum Gasteiger partial charge on any atom is 0.326 e. The van der Waals surface area contributed by atoms with E-state index < -0.39 is 17.3 Å². The van der Waals surface area contributed by atoms with Crippen molar-refractivity contribution in [2.75, 3.05) is 30.9 Å². The number of rotatable bonds is 12. The molecule has 2 aromatic carbocycles. The summed E-state index contributed by atoms with van der Waals surface area (Å²) < 4.78 is 46.9. The van der Waals surface area contributed by atoms with Gasteiger partial charge in [0.05, 0.1) is 38.5 Å².